The van der Waals surface area contributed by atoms with Crippen LogP contribution in [0.15, 0.2) is 12.3 Å². The molecule has 0 aromatic carbocycles. The standard InChI is InChI=1S/C16H21BN2O5/c1-9(14(21)22)19-8-12-11(13(19)20)6-10(7-18-12)17-23-15(2,3)16(4,5)24-17/h6-7,9H,8H2,1-5H3,(H,21,22). The third-order valence-corrected chi connectivity index (χ3v) is 5.15. The molecular weight excluding hydrogens is 311 g/mol. The van der Waals surface area contributed by atoms with E-state index in [-0.39, 0.29) is 12.5 Å². The topological polar surface area (TPSA) is 89.0 Å². The van der Waals surface area contributed by atoms with Crippen LogP contribution in [-0.2, 0) is 20.6 Å². The van der Waals surface area contributed by atoms with Gasteiger partial charge in [0.1, 0.15) is 6.04 Å². The third kappa shape index (κ3) is 2.50. The first kappa shape index (κ1) is 16.9. The first-order valence-corrected chi connectivity index (χ1v) is 7.92. The van der Waals surface area contributed by atoms with Crippen molar-refractivity contribution in [2.24, 2.45) is 0 Å². The molecule has 128 valence electrons. The SMILES string of the molecule is CC(C(=O)O)N1Cc2ncc(B3OC(C)(C)C(C)(C)O3)cc2C1=O. The van der Waals surface area contributed by atoms with Crippen LogP contribution in [-0.4, -0.2) is 51.2 Å². The van der Waals surface area contributed by atoms with Gasteiger partial charge in [0.15, 0.2) is 0 Å². The maximum Gasteiger partial charge on any atom is 0.496 e. The average Bonchev–Trinajstić information content (AvgIpc) is 2.92. The van der Waals surface area contributed by atoms with Crippen molar-refractivity contribution in [2.75, 3.05) is 0 Å². The van der Waals surface area contributed by atoms with E-state index in [1.165, 1.54) is 11.8 Å². The van der Waals surface area contributed by atoms with Gasteiger partial charge in [-0.2, -0.15) is 0 Å². The van der Waals surface area contributed by atoms with Crippen molar-refractivity contribution >= 4 is 24.5 Å². The van der Waals surface area contributed by atoms with Crippen LogP contribution in [0.25, 0.3) is 0 Å². The van der Waals surface area contributed by atoms with Crippen molar-refractivity contribution in [1.29, 1.82) is 0 Å². The van der Waals surface area contributed by atoms with Gasteiger partial charge >= 0.3 is 13.1 Å². The number of hydrogen-bond acceptors (Lipinski definition) is 5. The second kappa shape index (κ2) is 5.29. The van der Waals surface area contributed by atoms with Gasteiger partial charge in [0.2, 0.25) is 0 Å². The van der Waals surface area contributed by atoms with E-state index in [0.717, 1.165) is 0 Å². The molecule has 3 rings (SSSR count). The van der Waals surface area contributed by atoms with Crippen LogP contribution in [0.2, 0.25) is 0 Å². The highest BCUT2D eigenvalue weighted by molar-refractivity contribution is 6.62. The van der Waals surface area contributed by atoms with E-state index < -0.39 is 30.3 Å². The van der Waals surface area contributed by atoms with Crippen molar-refractivity contribution in [3.05, 3.63) is 23.5 Å². The van der Waals surface area contributed by atoms with Crippen molar-refractivity contribution in [3.8, 4) is 0 Å². The van der Waals surface area contributed by atoms with E-state index >= 15 is 0 Å². The highest BCUT2D eigenvalue weighted by atomic mass is 16.7. The van der Waals surface area contributed by atoms with Gasteiger partial charge in [-0.3, -0.25) is 9.78 Å². The fourth-order valence-corrected chi connectivity index (χ4v) is 2.76. The number of aliphatic carboxylic acids is 1. The molecule has 0 saturated carbocycles. The van der Waals surface area contributed by atoms with Crippen LogP contribution in [0.4, 0.5) is 0 Å². The van der Waals surface area contributed by atoms with Crippen molar-refractivity contribution in [1.82, 2.24) is 9.88 Å². The molecule has 1 atom stereocenters. The number of amides is 1. The van der Waals surface area contributed by atoms with Gasteiger partial charge in [-0.25, -0.2) is 4.79 Å². The monoisotopic (exact) mass is 332 g/mol. The Kier molecular flexibility index (Phi) is 3.73. The number of pyridine rings is 1. The maximum absolute atomic E-state index is 12.5. The first-order chi connectivity index (χ1) is 11.0. The molecule has 8 heteroatoms. The Morgan fingerprint density at radius 3 is 2.46 bits per heavy atom. The molecule has 1 saturated heterocycles. The van der Waals surface area contributed by atoms with Crippen molar-refractivity contribution < 1.29 is 24.0 Å². The smallest absolute Gasteiger partial charge is 0.480 e. The number of carboxylic acids is 1. The minimum Gasteiger partial charge on any atom is -0.480 e. The largest absolute Gasteiger partial charge is 0.496 e. The first-order valence-electron chi connectivity index (χ1n) is 7.92. The van der Waals surface area contributed by atoms with E-state index in [9.17, 15) is 9.59 Å². The fourth-order valence-electron chi connectivity index (χ4n) is 2.76. The number of nitrogens with zero attached hydrogens (tertiary/aromatic N) is 2. The Labute approximate surface area is 141 Å². The average molecular weight is 332 g/mol. The van der Waals surface area contributed by atoms with Gasteiger partial charge < -0.3 is 19.3 Å². The summed E-state index contributed by atoms with van der Waals surface area (Å²) in [6.07, 6.45) is 1.63. The lowest BCUT2D eigenvalue weighted by Gasteiger charge is -2.32. The number of carbonyl (C=O) groups excluding carboxylic acids is 1. The highest BCUT2D eigenvalue weighted by Crippen LogP contribution is 2.36. The summed E-state index contributed by atoms with van der Waals surface area (Å²) in [5, 5.41) is 9.13. The summed E-state index contributed by atoms with van der Waals surface area (Å²) in [6.45, 7) is 9.50. The molecule has 0 spiro atoms. The summed E-state index contributed by atoms with van der Waals surface area (Å²) in [7, 11) is -0.605. The van der Waals surface area contributed by atoms with Crippen LogP contribution in [0.5, 0.6) is 0 Å². The fraction of sp³-hybridized carbons (Fsp3) is 0.562. The zero-order chi connectivity index (χ0) is 17.9. The Morgan fingerprint density at radius 2 is 1.92 bits per heavy atom. The molecule has 1 aromatic rings. The zero-order valence-corrected chi connectivity index (χ0v) is 14.5. The number of carboxylic acid groups (broad SMARTS) is 1. The number of hydrogen-bond donors (Lipinski definition) is 1. The van der Waals surface area contributed by atoms with E-state index in [0.29, 0.717) is 16.7 Å². The van der Waals surface area contributed by atoms with Crippen LogP contribution in [0, 0.1) is 0 Å². The Hall–Kier alpha value is -1.93. The summed E-state index contributed by atoms with van der Waals surface area (Å²) in [6, 6.07) is 0.800. The summed E-state index contributed by atoms with van der Waals surface area (Å²) in [5.74, 6) is -1.37. The van der Waals surface area contributed by atoms with Gasteiger partial charge in [0, 0.05) is 11.7 Å². The molecule has 2 aliphatic rings. The lowest BCUT2D eigenvalue weighted by Crippen LogP contribution is -2.41. The lowest BCUT2D eigenvalue weighted by molar-refractivity contribution is -0.141. The Bertz CT molecular complexity index is 702. The summed E-state index contributed by atoms with van der Waals surface area (Å²) < 4.78 is 12.0. The van der Waals surface area contributed by atoms with Gasteiger partial charge in [0.25, 0.3) is 5.91 Å². The maximum atomic E-state index is 12.5. The van der Waals surface area contributed by atoms with Gasteiger partial charge in [0.05, 0.1) is 29.0 Å². The second-order valence-electron chi connectivity index (χ2n) is 7.30. The highest BCUT2D eigenvalue weighted by Gasteiger charge is 2.52. The molecule has 24 heavy (non-hydrogen) atoms. The Morgan fingerprint density at radius 1 is 1.33 bits per heavy atom. The van der Waals surface area contributed by atoms with Crippen molar-refractivity contribution in [2.45, 2.75) is 58.4 Å². The summed E-state index contributed by atoms with van der Waals surface area (Å²) in [5.41, 5.74) is 0.684. The Balaban J connectivity index is 1.88. The molecule has 7 nitrogen and oxygen atoms in total. The predicted molar refractivity (Wildman–Crippen MR) is 86.9 cm³/mol. The molecule has 1 N–H and O–H groups in total. The predicted octanol–water partition coefficient (Wildman–Crippen LogP) is 0.810. The molecule has 1 fully saturated rings. The molecule has 3 heterocycles. The van der Waals surface area contributed by atoms with Crippen LogP contribution in [0.1, 0.15) is 50.7 Å². The molecule has 1 unspecified atom stereocenters. The summed E-state index contributed by atoms with van der Waals surface area (Å²) in [4.78, 5) is 29.3. The molecule has 1 aromatic heterocycles. The second-order valence-corrected chi connectivity index (χ2v) is 7.30. The summed E-state index contributed by atoms with van der Waals surface area (Å²) >= 11 is 0. The number of aromatic nitrogens is 1. The lowest BCUT2D eigenvalue weighted by atomic mass is 9.79. The molecule has 0 aliphatic carbocycles. The van der Waals surface area contributed by atoms with E-state index in [4.69, 9.17) is 14.4 Å². The molecule has 0 radical (unpaired) electrons. The quantitative estimate of drug-likeness (QED) is 0.824. The van der Waals surface area contributed by atoms with Crippen molar-refractivity contribution in [3.63, 3.8) is 0 Å². The molecular formula is C16H21BN2O5. The minimum absolute atomic E-state index is 0.200. The number of fused-ring (bicyclic) bond motifs is 1. The van der Waals surface area contributed by atoms with Crippen LogP contribution >= 0.6 is 0 Å². The zero-order valence-electron chi connectivity index (χ0n) is 14.5. The number of carbonyl (C=O) groups is 2. The van der Waals surface area contributed by atoms with E-state index in [1.54, 1.807) is 12.3 Å². The molecule has 1 amide bonds. The van der Waals surface area contributed by atoms with E-state index in [2.05, 4.69) is 4.98 Å². The van der Waals surface area contributed by atoms with Crippen LogP contribution in [0.3, 0.4) is 0 Å². The third-order valence-electron chi connectivity index (χ3n) is 5.15. The van der Waals surface area contributed by atoms with Gasteiger partial charge in [-0.05, 0) is 40.7 Å². The normalized spacial score (nSPS) is 22.6. The van der Waals surface area contributed by atoms with Crippen LogP contribution < -0.4 is 5.46 Å². The van der Waals surface area contributed by atoms with E-state index in [1.807, 2.05) is 27.7 Å². The number of rotatable bonds is 3. The van der Waals surface area contributed by atoms with Gasteiger partial charge in [-0.15, -0.1) is 0 Å². The van der Waals surface area contributed by atoms with Gasteiger partial charge in [-0.1, -0.05) is 0 Å². The molecule has 2 aliphatic heterocycles. The minimum atomic E-state index is -1.04. The molecule has 0 bridgehead atoms.